The van der Waals surface area contributed by atoms with Gasteiger partial charge in [-0.3, -0.25) is 4.79 Å². The first kappa shape index (κ1) is 21.0. The minimum atomic E-state index is -0.245. The van der Waals surface area contributed by atoms with Crippen LogP contribution >= 0.6 is 12.4 Å². The second-order valence-electron chi connectivity index (χ2n) is 5.64. The van der Waals surface area contributed by atoms with E-state index < -0.39 is 0 Å². The second-order valence-corrected chi connectivity index (χ2v) is 5.64. The summed E-state index contributed by atoms with van der Waals surface area (Å²) in [6.45, 7) is 2.72. The summed E-state index contributed by atoms with van der Waals surface area (Å²) in [5.41, 5.74) is 2.29. The Bertz CT molecular complexity index is 617. The maximum Gasteiger partial charge on any atom is 0.302 e. The van der Waals surface area contributed by atoms with Gasteiger partial charge in [-0.25, -0.2) is 0 Å². The van der Waals surface area contributed by atoms with Crippen LogP contribution in [0, 0.1) is 0 Å². The summed E-state index contributed by atoms with van der Waals surface area (Å²) in [4.78, 5) is 10.8. The van der Waals surface area contributed by atoms with Gasteiger partial charge in [0.1, 0.15) is 11.9 Å². The van der Waals surface area contributed by atoms with Crippen molar-refractivity contribution in [2.75, 3.05) is 20.2 Å². The molecule has 0 heterocycles. The van der Waals surface area contributed by atoms with Gasteiger partial charge in [-0.2, -0.15) is 0 Å². The van der Waals surface area contributed by atoms with Crippen LogP contribution in [-0.4, -0.2) is 26.2 Å². The fraction of sp³-hybridized carbons (Fsp3) is 0.350. The van der Waals surface area contributed by atoms with E-state index in [1.165, 1.54) is 12.5 Å². The van der Waals surface area contributed by atoms with Crippen LogP contribution in [0.3, 0.4) is 0 Å². The van der Waals surface area contributed by atoms with Crippen molar-refractivity contribution in [3.8, 4) is 5.75 Å². The maximum atomic E-state index is 10.8. The van der Waals surface area contributed by atoms with Crippen LogP contribution in [0.5, 0.6) is 5.75 Å². The lowest BCUT2D eigenvalue weighted by molar-refractivity contribution is -0.140. The van der Waals surface area contributed by atoms with Crippen LogP contribution in [0.1, 0.15) is 30.6 Å². The van der Waals surface area contributed by atoms with Gasteiger partial charge in [0, 0.05) is 19.8 Å². The molecule has 0 aliphatic heterocycles. The molecule has 2 aromatic rings. The molecule has 2 aromatic carbocycles. The summed E-state index contributed by atoms with van der Waals surface area (Å²) < 4.78 is 11.1. The third-order valence-corrected chi connectivity index (χ3v) is 3.73. The SMILES string of the molecule is CNCCC(Oc1ccc(CCOC(C)=O)cc1)c1ccccc1.Cl. The zero-order chi connectivity index (χ0) is 17.2. The number of carbonyl (C=O) groups is 1. The molecule has 0 bridgehead atoms. The molecule has 2 rings (SSSR count). The van der Waals surface area contributed by atoms with E-state index in [-0.39, 0.29) is 24.5 Å². The first-order valence-electron chi connectivity index (χ1n) is 8.27. The highest BCUT2D eigenvalue weighted by molar-refractivity contribution is 5.85. The van der Waals surface area contributed by atoms with E-state index in [0.717, 1.165) is 24.3 Å². The van der Waals surface area contributed by atoms with Crippen molar-refractivity contribution in [1.82, 2.24) is 5.32 Å². The molecule has 25 heavy (non-hydrogen) atoms. The van der Waals surface area contributed by atoms with Crippen molar-refractivity contribution in [2.45, 2.75) is 25.9 Å². The van der Waals surface area contributed by atoms with Gasteiger partial charge < -0.3 is 14.8 Å². The Kier molecular flexibility index (Phi) is 9.66. The number of carbonyl (C=O) groups excluding carboxylic acids is 1. The third kappa shape index (κ3) is 7.59. The molecule has 4 nitrogen and oxygen atoms in total. The lowest BCUT2D eigenvalue weighted by atomic mass is 10.1. The molecule has 0 aliphatic carbocycles. The Morgan fingerprint density at radius 2 is 1.76 bits per heavy atom. The summed E-state index contributed by atoms with van der Waals surface area (Å²) in [6.07, 6.45) is 1.63. The molecule has 136 valence electrons. The van der Waals surface area contributed by atoms with E-state index in [1.807, 2.05) is 49.5 Å². The van der Waals surface area contributed by atoms with Crippen LogP contribution in [0.15, 0.2) is 54.6 Å². The molecular weight excluding hydrogens is 338 g/mol. The fourth-order valence-electron chi connectivity index (χ4n) is 2.45. The number of benzene rings is 2. The monoisotopic (exact) mass is 363 g/mol. The molecule has 0 aromatic heterocycles. The molecule has 1 atom stereocenters. The minimum Gasteiger partial charge on any atom is -0.486 e. The Hall–Kier alpha value is -2.04. The standard InChI is InChI=1S/C20H25NO3.ClH/c1-16(22)23-15-13-17-8-10-19(11-9-17)24-20(12-14-21-2)18-6-4-3-5-7-18;/h3-11,20-21H,12-15H2,1-2H3;1H. The molecule has 5 heteroatoms. The van der Waals surface area contributed by atoms with E-state index in [2.05, 4.69) is 17.4 Å². The lowest BCUT2D eigenvalue weighted by Gasteiger charge is -2.20. The molecule has 0 spiro atoms. The number of rotatable bonds is 9. The number of nitrogens with one attached hydrogen (secondary N) is 1. The largest absolute Gasteiger partial charge is 0.486 e. The Balaban J connectivity index is 0.00000312. The minimum absolute atomic E-state index is 0. The Labute approximate surface area is 155 Å². The molecule has 1 N–H and O–H groups in total. The summed E-state index contributed by atoms with van der Waals surface area (Å²) in [6, 6.07) is 18.2. The number of halogens is 1. The molecule has 0 fully saturated rings. The van der Waals surface area contributed by atoms with Gasteiger partial charge in [-0.05, 0) is 36.9 Å². The number of hydrogen-bond acceptors (Lipinski definition) is 4. The van der Waals surface area contributed by atoms with Crippen LogP contribution in [0.25, 0.3) is 0 Å². The van der Waals surface area contributed by atoms with Crippen LogP contribution in [0.2, 0.25) is 0 Å². The maximum absolute atomic E-state index is 10.8. The topological polar surface area (TPSA) is 47.6 Å². The molecule has 0 aliphatic rings. The average Bonchev–Trinajstić information content (AvgIpc) is 2.60. The first-order chi connectivity index (χ1) is 11.7. The van der Waals surface area contributed by atoms with Gasteiger partial charge >= 0.3 is 5.97 Å². The average molecular weight is 364 g/mol. The summed E-state index contributed by atoms with van der Waals surface area (Å²) in [5, 5.41) is 3.17. The number of ether oxygens (including phenoxy) is 2. The van der Waals surface area contributed by atoms with Crippen molar-refractivity contribution in [3.05, 3.63) is 65.7 Å². The predicted octanol–water partition coefficient (Wildman–Crippen LogP) is 3.94. The molecule has 0 saturated carbocycles. The number of esters is 1. The van der Waals surface area contributed by atoms with Crippen molar-refractivity contribution in [2.24, 2.45) is 0 Å². The highest BCUT2D eigenvalue weighted by Gasteiger charge is 2.12. The quantitative estimate of drug-likeness (QED) is 0.685. The van der Waals surface area contributed by atoms with Gasteiger partial charge in [0.2, 0.25) is 0 Å². The van der Waals surface area contributed by atoms with Gasteiger partial charge in [0.15, 0.2) is 0 Å². The fourth-order valence-corrected chi connectivity index (χ4v) is 2.45. The highest BCUT2D eigenvalue weighted by atomic mass is 35.5. The van der Waals surface area contributed by atoms with Crippen molar-refractivity contribution in [1.29, 1.82) is 0 Å². The predicted molar refractivity (Wildman–Crippen MR) is 102 cm³/mol. The van der Waals surface area contributed by atoms with E-state index in [9.17, 15) is 4.79 Å². The summed E-state index contributed by atoms with van der Waals surface area (Å²) in [5.74, 6) is 0.599. The van der Waals surface area contributed by atoms with E-state index in [4.69, 9.17) is 9.47 Å². The highest BCUT2D eigenvalue weighted by Crippen LogP contribution is 2.25. The van der Waals surface area contributed by atoms with Crippen molar-refractivity contribution < 1.29 is 14.3 Å². The first-order valence-corrected chi connectivity index (χ1v) is 8.27. The van der Waals surface area contributed by atoms with Crippen molar-refractivity contribution in [3.63, 3.8) is 0 Å². The Morgan fingerprint density at radius 1 is 1.08 bits per heavy atom. The summed E-state index contributed by atoms with van der Waals surface area (Å²) >= 11 is 0. The summed E-state index contributed by atoms with van der Waals surface area (Å²) in [7, 11) is 1.94. The van der Waals surface area contributed by atoms with Crippen LogP contribution in [-0.2, 0) is 16.0 Å². The smallest absolute Gasteiger partial charge is 0.302 e. The van der Waals surface area contributed by atoms with E-state index in [0.29, 0.717) is 13.0 Å². The second kappa shape index (κ2) is 11.5. The van der Waals surface area contributed by atoms with Gasteiger partial charge in [0.25, 0.3) is 0 Å². The molecule has 1 unspecified atom stereocenters. The molecule has 0 saturated heterocycles. The molecule has 0 radical (unpaired) electrons. The third-order valence-electron chi connectivity index (χ3n) is 3.73. The van der Waals surface area contributed by atoms with Gasteiger partial charge in [0.05, 0.1) is 6.61 Å². The van der Waals surface area contributed by atoms with Gasteiger partial charge in [-0.1, -0.05) is 42.5 Å². The van der Waals surface area contributed by atoms with Crippen LogP contribution in [0.4, 0.5) is 0 Å². The number of hydrogen-bond donors (Lipinski definition) is 1. The lowest BCUT2D eigenvalue weighted by Crippen LogP contribution is -2.16. The van der Waals surface area contributed by atoms with Crippen molar-refractivity contribution >= 4 is 18.4 Å². The normalized spacial score (nSPS) is 11.3. The zero-order valence-electron chi connectivity index (χ0n) is 14.7. The zero-order valence-corrected chi connectivity index (χ0v) is 15.6. The van der Waals surface area contributed by atoms with E-state index >= 15 is 0 Å². The Morgan fingerprint density at radius 3 is 2.36 bits per heavy atom. The van der Waals surface area contributed by atoms with E-state index in [1.54, 1.807) is 0 Å². The molecule has 0 amide bonds. The van der Waals surface area contributed by atoms with Crippen LogP contribution < -0.4 is 10.1 Å². The van der Waals surface area contributed by atoms with Gasteiger partial charge in [-0.15, -0.1) is 12.4 Å². The molecular formula is C20H26ClNO3.